The molecule has 2 rings (SSSR count). The molecule has 1 aliphatic rings. The van der Waals surface area contributed by atoms with E-state index in [0.717, 1.165) is 38.4 Å². The highest BCUT2D eigenvalue weighted by molar-refractivity contribution is 5.85. The molecule has 0 amide bonds. The number of nitrogens with two attached hydrogens (primary N) is 1. The van der Waals surface area contributed by atoms with Gasteiger partial charge in [0.15, 0.2) is 0 Å². The van der Waals surface area contributed by atoms with Crippen LogP contribution >= 0.6 is 12.4 Å². The van der Waals surface area contributed by atoms with Crippen LogP contribution in [0.4, 0.5) is 0 Å². The van der Waals surface area contributed by atoms with Gasteiger partial charge >= 0.3 is 0 Å². The van der Waals surface area contributed by atoms with Crippen LogP contribution in [0.2, 0.25) is 0 Å². The first-order valence-corrected chi connectivity index (χ1v) is 6.00. The predicted molar refractivity (Wildman–Crippen MR) is 72.8 cm³/mol. The Kier molecular flexibility index (Phi) is 6.34. The fourth-order valence-electron chi connectivity index (χ4n) is 2.10. The lowest BCUT2D eigenvalue weighted by atomic mass is 10.1. The molecule has 4 heteroatoms. The number of ether oxygens (including phenoxy) is 1. The molecule has 1 atom stereocenters. The van der Waals surface area contributed by atoms with E-state index < -0.39 is 0 Å². The summed E-state index contributed by atoms with van der Waals surface area (Å²) in [6.45, 7) is 3.89. The second-order valence-corrected chi connectivity index (χ2v) is 4.36. The molecule has 1 saturated heterocycles. The first-order chi connectivity index (χ1) is 7.84. The summed E-state index contributed by atoms with van der Waals surface area (Å²) in [6.07, 6.45) is 2.38. The highest BCUT2D eigenvalue weighted by atomic mass is 35.5. The Morgan fingerprint density at radius 3 is 2.76 bits per heavy atom. The van der Waals surface area contributed by atoms with Crippen molar-refractivity contribution in [2.45, 2.75) is 18.9 Å². The van der Waals surface area contributed by atoms with Crippen molar-refractivity contribution in [2.24, 2.45) is 5.73 Å². The van der Waals surface area contributed by atoms with Gasteiger partial charge < -0.3 is 10.5 Å². The molecule has 1 unspecified atom stereocenters. The van der Waals surface area contributed by atoms with Crippen LogP contribution < -0.4 is 10.5 Å². The first-order valence-electron chi connectivity index (χ1n) is 6.00. The summed E-state index contributed by atoms with van der Waals surface area (Å²) in [7, 11) is 0. The predicted octanol–water partition coefficient (Wildman–Crippen LogP) is 1.91. The number of likely N-dealkylation sites (tertiary alicyclic amines) is 1. The molecule has 3 nitrogen and oxygen atoms in total. The first kappa shape index (κ1) is 14.3. The van der Waals surface area contributed by atoms with Gasteiger partial charge in [0.05, 0.1) is 0 Å². The van der Waals surface area contributed by atoms with Crippen molar-refractivity contribution in [3.05, 3.63) is 30.3 Å². The Morgan fingerprint density at radius 2 is 2.06 bits per heavy atom. The van der Waals surface area contributed by atoms with Crippen molar-refractivity contribution in [3.8, 4) is 5.75 Å². The molecular formula is C13H21ClN2O. The van der Waals surface area contributed by atoms with E-state index >= 15 is 0 Å². The van der Waals surface area contributed by atoms with E-state index in [2.05, 4.69) is 4.90 Å². The summed E-state index contributed by atoms with van der Waals surface area (Å²) in [5.74, 6) is 0.948. The number of piperidine rings is 1. The van der Waals surface area contributed by atoms with Crippen molar-refractivity contribution in [2.75, 3.05) is 26.2 Å². The van der Waals surface area contributed by atoms with Gasteiger partial charge in [0.1, 0.15) is 12.4 Å². The monoisotopic (exact) mass is 256 g/mol. The van der Waals surface area contributed by atoms with Crippen molar-refractivity contribution in [1.29, 1.82) is 0 Å². The Hall–Kier alpha value is -0.770. The Labute approximate surface area is 109 Å². The molecular weight excluding hydrogens is 236 g/mol. The van der Waals surface area contributed by atoms with Gasteiger partial charge in [-0.25, -0.2) is 0 Å². The Balaban J connectivity index is 0.00000144. The van der Waals surface area contributed by atoms with Crippen LogP contribution in [-0.2, 0) is 0 Å². The van der Waals surface area contributed by atoms with E-state index in [1.54, 1.807) is 0 Å². The Morgan fingerprint density at radius 1 is 1.29 bits per heavy atom. The summed E-state index contributed by atoms with van der Waals surface area (Å²) >= 11 is 0. The fraction of sp³-hybridized carbons (Fsp3) is 0.538. The van der Waals surface area contributed by atoms with Crippen LogP contribution in [0.5, 0.6) is 5.75 Å². The van der Waals surface area contributed by atoms with Gasteiger partial charge in [-0.15, -0.1) is 12.4 Å². The zero-order valence-electron chi connectivity index (χ0n) is 10.0. The molecule has 0 bridgehead atoms. The number of para-hydroxylation sites is 1. The van der Waals surface area contributed by atoms with E-state index in [1.807, 2.05) is 30.3 Å². The summed E-state index contributed by atoms with van der Waals surface area (Å²) in [6, 6.07) is 10.3. The van der Waals surface area contributed by atoms with E-state index in [0.29, 0.717) is 6.04 Å². The molecule has 96 valence electrons. The van der Waals surface area contributed by atoms with Gasteiger partial charge in [0, 0.05) is 19.1 Å². The van der Waals surface area contributed by atoms with Gasteiger partial charge in [-0.3, -0.25) is 4.90 Å². The van der Waals surface area contributed by atoms with Crippen LogP contribution in [0, 0.1) is 0 Å². The van der Waals surface area contributed by atoms with Gasteiger partial charge in [-0.2, -0.15) is 0 Å². The van der Waals surface area contributed by atoms with Crippen molar-refractivity contribution < 1.29 is 4.74 Å². The quantitative estimate of drug-likeness (QED) is 0.895. The summed E-state index contributed by atoms with van der Waals surface area (Å²) in [5, 5.41) is 0. The lowest BCUT2D eigenvalue weighted by Gasteiger charge is -2.30. The van der Waals surface area contributed by atoms with E-state index in [1.165, 1.54) is 6.42 Å². The van der Waals surface area contributed by atoms with Crippen LogP contribution in [-0.4, -0.2) is 37.2 Å². The summed E-state index contributed by atoms with van der Waals surface area (Å²) in [4.78, 5) is 2.39. The number of benzene rings is 1. The molecule has 0 saturated carbocycles. The average Bonchev–Trinajstić information content (AvgIpc) is 2.30. The molecule has 0 aromatic heterocycles. The number of hydrogen-bond donors (Lipinski definition) is 1. The van der Waals surface area contributed by atoms with Crippen molar-refractivity contribution in [1.82, 2.24) is 4.90 Å². The second kappa shape index (κ2) is 7.54. The highest BCUT2D eigenvalue weighted by Crippen LogP contribution is 2.10. The van der Waals surface area contributed by atoms with Gasteiger partial charge in [-0.05, 0) is 31.5 Å². The maximum absolute atomic E-state index is 5.93. The minimum Gasteiger partial charge on any atom is -0.492 e. The molecule has 1 aliphatic heterocycles. The van der Waals surface area contributed by atoms with Crippen LogP contribution in [0.15, 0.2) is 30.3 Å². The van der Waals surface area contributed by atoms with Crippen LogP contribution in [0.1, 0.15) is 12.8 Å². The maximum Gasteiger partial charge on any atom is 0.119 e. The number of hydrogen-bond acceptors (Lipinski definition) is 3. The minimum absolute atomic E-state index is 0. The maximum atomic E-state index is 5.93. The third-order valence-corrected chi connectivity index (χ3v) is 2.96. The topological polar surface area (TPSA) is 38.5 Å². The van der Waals surface area contributed by atoms with Crippen molar-refractivity contribution in [3.63, 3.8) is 0 Å². The molecule has 1 aromatic rings. The molecule has 0 spiro atoms. The lowest BCUT2D eigenvalue weighted by molar-refractivity contribution is 0.171. The minimum atomic E-state index is 0. The summed E-state index contributed by atoms with van der Waals surface area (Å²) in [5.41, 5.74) is 5.93. The standard InChI is InChI=1S/C13H20N2O.ClH/c14-12-5-4-8-15(11-12)9-10-16-13-6-2-1-3-7-13;/h1-3,6-7,12H,4-5,8-11,14H2;1H. The molecule has 2 N–H and O–H groups in total. The largest absolute Gasteiger partial charge is 0.492 e. The summed E-state index contributed by atoms with van der Waals surface area (Å²) < 4.78 is 5.66. The third-order valence-electron chi connectivity index (χ3n) is 2.96. The van der Waals surface area contributed by atoms with Gasteiger partial charge in [0.25, 0.3) is 0 Å². The zero-order chi connectivity index (χ0) is 11.2. The SMILES string of the molecule is Cl.NC1CCCN(CCOc2ccccc2)C1. The number of rotatable bonds is 4. The fourth-order valence-corrected chi connectivity index (χ4v) is 2.10. The zero-order valence-corrected chi connectivity index (χ0v) is 10.9. The smallest absolute Gasteiger partial charge is 0.119 e. The third kappa shape index (κ3) is 4.94. The van der Waals surface area contributed by atoms with Gasteiger partial charge in [-0.1, -0.05) is 18.2 Å². The molecule has 1 fully saturated rings. The van der Waals surface area contributed by atoms with Crippen molar-refractivity contribution >= 4 is 12.4 Å². The van der Waals surface area contributed by atoms with Crippen LogP contribution in [0.25, 0.3) is 0 Å². The van der Waals surface area contributed by atoms with E-state index in [-0.39, 0.29) is 12.4 Å². The lowest BCUT2D eigenvalue weighted by Crippen LogP contribution is -2.44. The highest BCUT2D eigenvalue weighted by Gasteiger charge is 2.15. The molecule has 17 heavy (non-hydrogen) atoms. The molecule has 1 aromatic carbocycles. The Bertz CT molecular complexity index is 308. The second-order valence-electron chi connectivity index (χ2n) is 4.36. The normalized spacial score (nSPS) is 20.6. The van der Waals surface area contributed by atoms with E-state index in [9.17, 15) is 0 Å². The van der Waals surface area contributed by atoms with Crippen LogP contribution in [0.3, 0.4) is 0 Å². The number of nitrogens with zero attached hydrogens (tertiary/aromatic N) is 1. The molecule has 0 aliphatic carbocycles. The average molecular weight is 257 g/mol. The van der Waals surface area contributed by atoms with Gasteiger partial charge in [0.2, 0.25) is 0 Å². The molecule has 0 radical (unpaired) electrons. The molecule has 1 heterocycles. The number of halogens is 1. The van der Waals surface area contributed by atoms with E-state index in [4.69, 9.17) is 10.5 Å².